The molecule has 0 saturated carbocycles. The van der Waals surface area contributed by atoms with Gasteiger partial charge in [0.25, 0.3) is 0 Å². The monoisotopic (exact) mass is 355 g/mol. The molecule has 3 aliphatic heterocycles. The van der Waals surface area contributed by atoms with Crippen molar-refractivity contribution in [3.63, 3.8) is 0 Å². The molecule has 2 amide bonds. The van der Waals surface area contributed by atoms with E-state index in [1.165, 1.54) is 12.0 Å². The lowest BCUT2D eigenvalue weighted by Crippen LogP contribution is -2.61. The van der Waals surface area contributed by atoms with Crippen molar-refractivity contribution in [2.24, 2.45) is 11.8 Å². The number of amides is 2. The molecule has 0 spiro atoms. The first-order chi connectivity index (χ1) is 12.6. The van der Waals surface area contributed by atoms with Crippen LogP contribution in [0.2, 0.25) is 0 Å². The van der Waals surface area contributed by atoms with Gasteiger partial charge in [0.15, 0.2) is 0 Å². The van der Waals surface area contributed by atoms with E-state index in [9.17, 15) is 9.59 Å². The van der Waals surface area contributed by atoms with E-state index in [4.69, 9.17) is 0 Å². The molecule has 4 rings (SSSR count). The van der Waals surface area contributed by atoms with Crippen molar-refractivity contribution >= 4 is 17.5 Å². The second-order valence-corrected chi connectivity index (χ2v) is 8.16. The van der Waals surface area contributed by atoms with E-state index in [1.54, 1.807) is 0 Å². The van der Waals surface area contributed by atoms with Gasteiger partial charge >= 0.3 is 0 Å². The van der Waals surface area contributed by atoms with Crippen molar-refractivity contribution in [3.05, 3.63) is 29.8 Å². The second-order valence-electron chi connectivity index (χ2n) is 8.16. The molecule has 0 radical (unpaired) electrons. The predicted octanol–water partition coefficient (Wildman–Crippen LogP) is 2.52. The van der Waals surface area contributed by atoms with Crippen molar-refractivity contribution in [1.29, 1.82) is 0 Å². The summed E-state index contributed by atoms with van der Waals surface area (Å²) in [6, 6.07) is 8.48. The van der Waals surface area contributed by atoms with E-state index >= 15 is 0 Å². The zero-order valence-corrected chi connectivity index (χ0v) is 15.6. The molecule has 1 aromatic rings. The van der Waals surface area contributed by atoms with Crippen molar-refractivity contribution < 1.29 is 9.59 Å². The number of benzene rings is 1. The van der Waals surface area contributed by atoms with Gasteiger partial charge in [0.1, 0.15) is 0 Å². The van der Waals surface area contributed by atoms with Crippen LogP contribution in [-0.4, -0.2) is 53.8 Å². The number of nitrogens with zero attached hydrogens (tertiary/aromatic N) is 2. The van der Waals surface area contributed by atoms with E-state index in [0.717, 1.165) is 51.0 Å². The van der Waals surface area contributed by atoms with E-state index in [1.807, 2.05) is 18.2 Å². The Morgan fingerprint density at radius 3 is 3.00 bits per heavy atom. The highest BCUT2D eigenvalue weighted by atomic mass is 16.2. The molecule has 3 saturated heterocycles. The lowest BCUT2D eigenvalue weighted by Gasteiger charge is -2.52. The zero-order valence-electron chi connectivity index (χ0n) is 15.6. The van der Waals surface area contributed by atoms with Crippen LogP contribution in [0, 0.1) is 11.8 Å². The summed E-state index contributed by atoms with van der Waals surface area (Å²) >= 11 is 0. The third kappa shape index (κ3) is 3.63. The lowest BCUT2D eigenvalue weighted by atomic mass is 9.76. The molecule has 3 atom stereocenters. The fraction of sp³-hybridized carbons (Fsp3) is 0.619. The van der Waals surface area contributed by atoms with Gasteiger partial charge in [-0.3, -0.25) is 14.5 Å². The number of anilines is 1. The summed E-state index contributed by atoms with van der Waals surface area (Å²) in [5, 5.41) is 3.05. The Bertz CT molecular complexity index is 690. The quantitative estimate of drug-likeness (QED) is 0.903. The first-order valence-electron chi connectivity index (χ1n) is 10.0. The Balaban J connectivity index is 1.36. The highest BCUT2D eigenvalue weighted by Crippen LogP contribution is 2.37. The van der Waals surface area contributed by atoms with Crippen LogP contribution in [0.5, 0.6) is 0 Å². The van der Waals surface area contributed by atoms with Gasteiger partial charge in [-0.15, -0.1) is 0 Å². The van der Waals surface area contributed by atoms with Gasteiger partial charge in [0.05, 0.1) is 6.54 Å². The Kier molecular flexibility index (Phi) is 4.98. The van der Waals surface area contributed by atoms with Crippen molar-refractivity contribution in [2.75, 3.05) is 31.5 Å². The van der Waals surface area contributed by atoms with Crippen LogP contribution in [0.3, 0.4) is 0 Å². The number of hydrogen-bond donors (Lipinski definition) is 1. The summed E-state index contributed by atoms with van der Waals surface area (Å²) in [4.78, 5) is 29.2. The number of fused-ring (bicyclic) bond motifs is 4. The molecular formula is C21H29N3O2. The Labute approximate surface area is 155 Å². The summed E-state index contributed by atoms with van der Waals surface area (Å²) in [5.74, 6) is 1.46. The van der Waals surface area contributed by atoms with Crippen LogP contribution in [0.15, 0.2) is 24.3 Å². The topological polar surface area (TPSA) is 52.7 Å². The molecule has 1 N–H and O–H groups in total. The highest BCUT2D eigenvalue weighted by Gasteiger charge is 2.43. The number of aryl methyl sites for hydroxylation is 1. The average Bonchev–Trinajstić information content (AvgIpc) is 2.62. The van der Waals surface area contributed by atoms with Gasteiger partial charge < -0.3 is 10.2 Å². The largest absolute Gasteiger partial charge is 0.339 e. The Morgan fingerprint density at radius 1 is 1.27 bits per heavy atom. The number of piperidine rings is 3. The van der Waals surface area contributed by atoms with Crippen LogP contribution < -0.4 is 5.32 Å². The standard InChI is InChI=1S/C21H29N3O2/c1-2-15-5-3-6-18(10-15)22-20(25)14-23-11-16-9-17(13-23)19-7-4-8-21(26)24(19)12-16/h3,5-6,10,16-17,19H,2,4,7-9,11-14H2,1H3,(H,22,25)/t16?,17?,19-/m1/s1. The molecule has 26 heavy (non-hydrogen) atoms. The van der Waals surface area contributed by atoms with Crippen LogP contribution in [0.4, 0.5) is 5.69 Å². The summed E-state index contributed by atoms with van der Waals surface area (Å²) in [7, 11) is 0. The van der Waals surface area contributed by atoms with E-state index < -0.39 is 0 Å². The molecule has 0 aliphatic carbocycles. The average molecular weight is 355 g/mol. The molecule has 0 aromatic heterocycles. The maximum atomic E-state index is 12.5. The van der Waals surface area contributed by atoms with Crippen molar-refractivity contribution in [2.45, 2.75) is 45.1 Å². The minimum absolute atomic E-state index is 0.0646. The molecule has 2 bridgehead atoms. The molecule has 5 nitrogen and oxygen atoms in total. The molecular weight excluding hydrogens is 326 g/mol. The third-order valence-corrected chi connectivity index (χ3v) is 6.24. The van der Waals surface area contributed by atoms with E-state index in [0.29, 0.717) is 30.3 Å². The van der Waals surface area contributed by atoms with E-state index in [-0.39, 0.29) is 5.91 Å². The summed E-state index contributed by atoms with van der Waals surface area (Å²) in [6.45, 7) is 5.32. The molecule has 3 heterocycles. The van der Waals surface area contributed by atoms with Gasteiger partial charge in [-0.1, -0.05) is 19.1 Å². The third-order valence-electron chi connectivity index (χ3n) is 6.24. The summed E-state index contributed by atoms with van der Waals surface area (Å²) in [6.07, 6.45) is 5.06. The molecule has 1 aromatic carbocycles. The number of carbonyl (C=O) groups is 2. The Morgan fingerprint density at radius 2 is 2.15 bits per heavy atom. The van der Waals surface area contributed by atoms with Gasteiger partial charge in [-0.05, 0) is 55.2 Å². The molecule has 3 fully saturated rings. The van der Waals surface area contributed by atoms with Crippen LogP contribution in [-0.2, 0) is 16.0 Å². The predicted molar refractivity (Wildman–Crippen MR) is 102 cm³/mol. The van der Waals surface area contributed by atoms with Crippen molar-refractivity contribution in [1.82, 2.24) is 9.80 Å². The second kappa shape index (κ2) is 7.39. The minimum Gasteiger partial charge on any atom is -0.339 e. The van der Waals surface area contributed by atoms with Crippen LogP contribution >= 0.6 is 0 Å². The molecule has 2 unspecified atom stereocenters. The van der Waals surface area contributed by atoms with Crippen LogP contribution in [0.1, 0.15) is 38.2 Å². The van der Waals surface area contributed by atoms with Gasteiger partial charge in [-0.25, -0.2) is 0 Å². The van der Waals surface area contributed by atoms with E-state index in [2.05, 4.69) is 28.1 Å². The highest BCUT2D eigenvalue weighted by molar-refractivity contribution is 5.92. The Hall–Kier alpha value is -1.88. The first-order valence-corrected chi connectivity index (χ1v) is 10.0. The first kappa shape index (κ1) is 17.5. The zero-order chi connectivity index (χ0) is 18.1. The normalized spacial score (nSPS) is 28.6. The smallest absolute Gasteiger partial charge is 0.238 e. The number of likely N-dealkylation sites (tertiary alicyclic amines) is 1. The summed E-state index contributed by atoms with van der Waals surface area (Å²) in [5.41, 5.74) is 2.12. The fourth-order valence-electron chi connectivity index (χ4n) is 5.11. The van der Waals surface area contributed by atoms with Gasteiger partial charge in [0.2, 0.25) is 11.8 Å². The SMILES string of the molecule is CCc1cccc(NC(=O)CN2CC3CC(C2)[C@H]2CCCC(=O)N2C3)c1. The molecule has 3 aliphatic rings. The number of rotatable bonds is 4. The van der Waals surface area contributed by atoms with Gasteiger partial charge in [0, 0.05) is 37.8 Å². The number of nitrogens with one attached hydrogen (secondary N) is 1. The summed E-state index contributed by atoms with van der Waals surface area (Å²) < 4.78 is 0. The maximum absolute atomic E-state index is 12.5. The maximum Gasteiger partial charge on any atom is 0.238 e. The number of hydrogen-bond acceptors (Lipinski definition) is 3. The van der Waals surface area contributed by atoms with Crippen molar-refractivity contribution in [3.8, 4) is 0 Å². The minimum atomic E-state index is 0.0646. The molecule has 140 valence electrons. The fourth-order valence-corrected chi connectivity index (χ4v) is 5.11. The van der Waals surface area contributed by atoms with Gasteiger partial charge in [-0.2, -0.15) is 0 Å². The number of carbonyl (C=O) groups excluding carboxylic acids is 2. The van der Waals surface area contributed by atoms with Crippen LogP contribution in [0.25, 0.3) is 0 Å². The lowest BCUT2D eigenvalue weighted by molar-refractivity contribution is -0.145. The molecule has 5 heteroatoms.